The largest absolute Gasteiger partial charge is 0.379 e. The molecule has 0 bridgehead atoms. The highest BCUT2D eigenvalue weighted by atomic mass is 16.3. The minimum Gasteiger partial charge on any atom is -0.379 e. The molecule has 0 rings (SSSR count). The van der Waals surface area contributed by atoms with E-state index < -0.39 is 17.4 Å². The molecule has 5 heteroatoms. The SMILES string of the molecule is CCCCCCCCCCCCCC(O)(CC(N)=O)C(N)=O. The van der Waals surface area contributed by atoms with Crippen LogP contribution in [0.15, 0.2) is 0 Å². The van der Waals surface area contributed by atoms with Crippen LogP contribution in [-0.2, 0) is 9.59 Å². The molecular weight excluding hydrogens is 280 g/mol. The Kier molecular flexibility index (Phi) is 11.8. The molecule has 22 heavy (non-hydrogen) atoms. The molecule has 130 valence electrons. The van der Waals surface area contributed by atoms with Gasteiger partial charge in [-0.3, -0.25) is 9.59 Å². The van der Waals surface area contributed by atoms with Crippen molar-refractivity contribution in [1.82, 2.24) is 0 Å². The van der Waals surface area contributed by atoms with Crippen LogP contribution in [0.5, 0.6) is 0 Å². The van der Waals surface area contributed by atoms with Crippen molar-refractivity contribution in [1.29, 1.82) is 0 Å². The van der Waals surface area contributed by atoms with Gasteiger partial charge in [0.05, 0.1) is 6.42 Å². The van der Waals surface area contributed by atoms with Crippen molar-refractivity contribution in [2.45, 2.75) is 96.0 Å². The molecule has 0 saturated heterocycles. The molecule has 0 radical (unpaired) electrons. The molecule has 2 amide bonds. The van der Waals surface area contributed by atoms with Crippen molar-refractivity contribution in [2.24, 2.45) is 11.5 Å². The van der Waals surface area contributed by atoms with Crippen LogP contribution in [0.25, 0.3) is 0 Å². The highest BCUT2D eigenvalue weighted by Gasteiger charge is 2.34. The Balaban J connectivity index is 3.58. The van der Waals surface area contributed by atoms with Gasteiger partial charge in [-0.2, -0.15) is 0 Å². The third-order valence-electron chi connectivity index (χ3n) is 4.12. The quantitative estimate of drug-likeness (QED) is 0.404. The van der Waals surface area contributed by atoms with Gasteiger partial charge < -0.3 is 16.6 Å². The van der Waals surface area contributed by atoms with Crippen LogP contribution in [0.2, 0.25) is 0 Å². The minimum absolute atomic E-state index is 0.211. The molecule has 0 aromatic heterocycles. The zero-order valence-corrected chi connectivity index (χ0v) is 14.1. The van der Waals surface area contributed by atoms with Gasteiger partial charge >= 0.3 is 0 Å². The summed E-state index contributed by atoms with van der Waals surface area (Å²) in [6.07, 6.45) is 12.9. The standard InChI is InChI=1S/C17H34N2O3/c1-2-3-4-5-6-7-8-9-10-11-12-13-17(22,16(19)21)14-15(18)20/h22H,2-14H2,1H3,(H2,18,20)(H2,19,21). The van der Waals surface area contributed by atoms with Crippen LogP contribution in [-0.4, -0.2) is 22.5 Å². The first-order chi connectivity index (χ1) is 10.4. The summed E-state index contributed by atoms with van der Waals surface area (Å²) in [4.78, 5) is 22.1. The van der Waals surface area contributed by atoms with Crippen molar-refractivity contribution in [2.75, 3.05) is 0 Å². The smallest absolute Gasteiger partial charge is 0.249 e. The normalized spacial score (nSPS) is 13.7. The maximum atomic E-state index is 11.2. The molecule has 0 fully saturated rings. The second-order valence-corrected chi connectivity index (χ2v) is 6.32. The second-order valence-electron chi connectivity index (χ2n) is 6.32. The van der Waals surface area contributed by atoms with Crippen LogP contribution in [0.4, 0.5) is 0 Å². The van der Waals surface area contributed by atoms with Crippen molar-refractivity contribution >= 4 is 11.8 Å². The van der Waals surface area contributed by atoms with Crippen LogP contribution in [0.3, 0.4) is 0 Å². The summed E-state index contributed by atoms with van der Waals surface area (Å²) in [6, 6.07) is 0. The number of unbranched alkanes of at least 4 members (excludes halogenated alkanes) is 10. The Morgan fingerprint density at radius 2 is 1.23 bits per heavy atom. The molecule has 0 spiro atoms. The summed E-state index contributed by atoms with van der Waals surface area (Å²) in [7, 11) is 0. The Morgan fingerprint density at radius 1 is 0.818 bits per heavy atom. The van der Waals surface area contributed by atoms with Gasteiger partial charge in [0.25, 0.3) is 0 Å². The lowest BCUT2D eigenvalue weighted by molar-refractivity contribution is -0.142. The number of primary amides is 2. The van der Waals surface area contributed by atoms with E-state index in [2.05, 4.69) is 6.92 Å². The van der Waals surface area contributed by atoms with E-state index >= 15 is 0 Å². The first-order valence-electron chi connectivity index (χ1n) is 8.73. The summed E-state index contributed by atoms with van der Waals surface area (Å²) in [5.41, 5.74) is 8.42. The lowest BCUT2D eigenvalue weighted by Gasteiger charge is -2.22. The lowest BCUT2D eigenvalue weighted by Crippen LogP contribution is -2.46. The van der Waals surface area contributed by atoms with Gasteiger partial charge in [-0.1, -0.05) is 77.6 Å². The van der Waals surface area contributed by atoms with E-state index in [1.165, 1.54) is 51.4 Å². The van der Waals surface area contributed by atoms with Crippen LogP contribution in [0.1, 0.15) is 90.4 Å². The highest BCUT2D eigenvalue weighted by molar-refractivity contribution is 5.89. The Bertz CT molecular complexity index is 321. The lowest BCUT2D eigenvalue weighted by atomic mass is 9.91. The van der Waals surface area contributed by atoms with Crippen LogP contribution < -0.4 is 11.5 Å². The van der Waals surface area contributed by atoms with Gasteiger partial charge in [0.15, 0.2) is 5.60 Å². The average Bonchev–Trinajstić information content (AvgIpc) is 2.43. The third-order valence-corrected chi connectivity index (χ3v) is 4.12. The second kappa shape index (κ2) is 12.4. The fourth-order valence-corrected chi connectivity index (χ4v) is 2.67. The maximum Gasteiger partial charge on any atom is 0.249 e. The molecule has 0 saturated carbocycles. The summed E-state index contributed by atoms with van der Waals surface area (Å²) in [5, 5.41) is 10.0. The molecule has 1 unspecified atom stereocenters. The van der Waals surface area contributed by atoms with Gasteiger partial charge in [0.1, 0.15) is 0 Å². The molecule has 0 aliphatic heterocycles. The van der Waals surface area contributed by atoms with Crippen LogP contribution >= 0.6 is 0 Å². The van der Waals surface area contributed by atoms with Crippen LogP contribution in [0, 0.1) is 0 Å². The van der Waals surface area contributed by atoms with E-state index in [9.17, 15) is 14.7 Å². The zero-order valence-electron chi connectivity index (χ0n) is 14.1. The van der Waals surface area contributed by atoms with E-state index in [1.54, 1.807) is 0 Å². The number of amides is 2. The first-order valence-corrected chi connectivity index (χ1v) is 8.73. The Morgan fingerprint density at radius 3 is 1.59 bits per heavy atom. The van der Waals surface area contributed by atoms with E-state index in [0.717, 1.165) is 12.8 Å². The van der Waals surface area contributed by atoms with Gasteiger partial charge in [-0.15, -0.1) is 0 Å². The fourth-order valence-electron chi connectivity index (χ4n) is 2.67. The van der Waals surface area contributed by atoms with E-state index in [1.807, 2.05) is 0 Å². The molecule has 0 aromatic carbocycles. The summed E-state index contributed by atoms with van der Waals surface area (Å²) >= 11 is 0. The molecular formula is C17H34N2O3. The number of carbonyl (C=O) groups is 2. The topological polar surface area (TPSA) is 106 Å². The van der Waals surface area contributed by atoms with E-state index in [4.69, 9.17) is 11.5 Å². The third kappa shape index (κ3) is 10.6. The number of carbonyl (C=O) groups excluding carboxylic acids is 2. The van der Waals surface area contributed by atoms with Gasteiger partial charge in [0, 0.05) is 0 Å². The predicted molar refractivity (Wildman–Crippen MR) is 89.0 cm³/mol. The predicted octanol–water partition coefficient (Wildman–Crippen LogP) is 2.78. The monoisotopic (exact) mass is 314 g/mol. The molecule has 0 aromatic rings. The fraction of sp³-hybridized carbons (Fsp3) is 0.882. The Hall–Kier alpha value is -1.10. The maximum absolute atomic E-state index is 11.2. The first kappa shape index (κ1) is 20.9. The number of rotatable bonds is 15. The van der Waals surface area contributed by atoms with Gasteiger partial charge in [-0.25, -0.2) is 0 Å². The number of hydrogen-bond donors (Lipinski definition) is 3. The molecule has 5 N–H and O–H groups in total. The minimum atomic E-state index is -1.77. The number of nitrogens with two attached hydrogens (primary N) is 2. The summed E-state index contributed by atoms with van der Waals surface area (Å²) in [6.45, 7) is 2.22. The van der Waals surface area contributed by atoms with E-state index in [0.29, 0.717) is 6.42 Å². The zero-order chi connectivity index (χ0) is 16.8. The van der Waals surface area contributed by atoms with Crippen molar-refractivity contribution in [3.8, 4) is 0 Å². The molecule has 0 aliphatic carbocycles. The number of aliphatic hydroxyl groups is 1. The molecule has 0 heterocycles. The van der Waals surface area contributed by atoms with Crippen molar-refractivity contribution in [3.05, 3.63) is 0 Å². The highest BCUT2D eigenvalue weighted by Crippen LogP contribution is 2.20. The van der Waals surface area contributed by atoms with Gasteiger partial charge in [-0.05, 0) is 6.42 Å². The summed E-state index contributed by atoms with van der Waals surface area (Å²) < 4.78 is 0. The molecule has 0 aliphatic rings. The molecule has 1 atom stereocenters. The number of hydrogen-bond acceptors (Lipinski definition) is 3. The van der Waals surface area contributed by atoms with Crippen molar-refractivity contribution < 1.29 is 14.7 Å². The van der Waals surface area contributed by atoms with Crippen molar-refractivity contribution in [3.63, 3.8) is 0 Å². The molecule has 5 nitrogen and oxygen atoms in total. The van der Waals surface area contributed by atoms with Gasteiger partial charge in [0.2, 0.25) is 11.8 Å². The van der Waals surface area contributed by atoms with E-state index in [-0.39, 0.29) is 12.8 Å². The average molecular weight is 314 g/mol. The summed E-state index contributed by atoms with van der Waals surface area (Å²) in [5.74, 6) is -1.57. The Labute approximate surface area is 134 Å².